The molecule has 2 aromatic rings. The van der Waals surface area contributed by atoms with Gasteiger partial charge in [-0.15, -0.1) is 5.10 Å². The maximum Gasteiger partial charge on any atom is 0.377 e. The van der Waals surface area contributed by atoms with Crippen molar-refractivity contribution in [2.45, 2.75) is 0 Å². The van der Waals surface area contributed by atoms with Crippen LogP contribution in [0.1, 0.15) is 10.6 Å². The predicted octanol–water partition coefficient (Wildman–Crippen LogP) is 1.97. The number of hydrogen-bond acceptors (Lipinski definition) is 5. The SMILES string of the molecule is COC(=O)c1ncn(-c2ncc(Br)cc2Br)n1. The fourth-order valence-electron chi connectivity index (χ4n) is 1.13. The summed E-state index contributed by atoms with van der Waals surface area (Å²) in [6, 6.07) is 1.82. The van der Waals surface area contributed by atoms with Crippen molar-refractivity contribution >= 4 is 37.8 Å². The van der Waals surface area contributed by atoms with Crippen molar-refractivity contribution in [2.75, 3.05) is 7.11 Å². The van der Waals surface area contributed by atoms with Crippen molar-refractivity contribution in [3.05, 3.63) is 33.4 Å². The highest BCUT2D eigenvalue weighted by atomic mass is 79.9. The number of esters is 1. The number of nitrogens with zero attached hydrogens (tertiary/aromatic N) is 4. The molecule has 0 aromatic carbocycles. The molecule has 0 N–H and O–H groups in total. The standard InChI is InChI=1S/C9H6Br2N4O2/c1-17-9(16)7-13-4-15(14-7)8-6(11)2-5(10)3-12-8/h2-4H,1H3. The molecular formula is C9H6Br2N4O2. The molecular weight excluding hydrogens is 356 g/mol. The third-order valence-electron chi connectivity index (χ3n) is 1.87. The lowest BCUT2D eigenvalue weighted by Crippen LogP contribution is -2.06. The first-order chi connectivity index (χ1) is 8.11. The van der Waals surface area contributed by atoms with E-state index in [2.05, 4.69) is 51.7 Å². The van der Waals surface area contributed by atoms with Gasteiger partial charge in [-0.25, -0.2) is 19.4 Å². The largest absolute Gasteiger partial charge is 0.463 e. The maximum absolute atomic E-state index is 11.2. The molecule has 8 heteroatoms. The summed E-state index contributed by atoms with van der Waals surface area (Å²) >= 11 is 6.65. The van der Waals surface area contributed by atoms with E-state index in [4.69, 9.17) is 0 Å². The summed E-state index contributed by atoms with van der Waals surface area (Å²) in [7, 11) is 1.27. The molecule has 0 fully saturated rings. The molecule has 17 heavy (non-hydrogen) atoms. The first-order valence-corrected chi connectivity index (χ1v) is 6.02. The third kappa shape index (κ3) is 2.52. The topological polar surface area (TPSA) is 69.9 Å². The van der Waals surface area contributed by atoms with Gasteiger partial charge >= 0.3 is 5.97 Å². The van der Waals surface area contributed by atoms with Gasteiger partial charge in [-0.3, -0.25) is 0 Å². The minimum atomic E-state index is -0.586. The second-order valence-electron chi connectivity index (χ2n) is 2.96. The number of ether oxygens (including phenoxy) is 1. The van der Waals surface area contributed by atoms with Crippen LogP contribution in [-0.4, -0.2) is 32.8 Å². The maximum atomic E-state index is 11.2. The molecule has 2 rings (SSSR count). The van der Waals surface area contributed by atoms with Crippen LogP contribution >= 0.6 is 31.9 Å². The highest BCUT2D eigenvalue weighted by Gasteiger charge is 2.13. The van der Waals surface area contributed by atoms with Gasteiger partial charge in [0.25, 0.3) is 5.82 Å². The monoisotopic (exact) mass is 360 g/mol. The zero-order valence-corrected chi connectivity index (χ0v) is 11.8. The van der Waals surface area contributed by atoms with Gasteiger partial charge in [0, 0.05) is 10.7 Å². The minimum absolute atomic E-state index is 0.0101. The highest BCUT2D eigenvalue weighted by molar-refractivity contribution is 9.11. The van der Waals surface area contributed by atoms with Crippen molar-refractivity contribution in [1.29, 1.82) is 0 Å². The summed E-state index contributed by atoms with van der Waals surface area (Å²) in [5.41, 5.74) is 0. The molecule has 88 valence electrons. The zero-order valence-electron chi connectivity index (χ0n) is 8.59. The van der Waals surface area contributed by atoms with E-state index in [-0.39, 0.29) is 5.82 Å². The number of pyridine rings is 1. The lowest BCUT2D eigenvalue weighted by Gasteiger charge is -2.02. The van der Waals surface area contributed by atoms with Crippen LogP contribution in [0.15, 0.2) is 27.5 Å². The summed E-state index contributed by atoms with van der Waals surface area (Å²) in [6.45, 7) is 0. The predicted molar refractivity (Wildman–Crippen MR) is 65.9 cm³/mol. The lowest BCUT2D eigenvalue weighted by atomic mass is 10.5. The molecule has 6 nitrogen and oxygen atoms in total. The van der Waals surface area contributed by atoms with Crippen molar-refractivity contribution in [1.82, 2.24) is 19.7 Å². The van der Waals surface area contributed by atoms with Crippen molar-refractivity contribution in [3.63, 3.8) is 0 Å². The number of hydrogen-bond donors (Lipinski definition) is 0. The third-order valence-corrected chi connectivity index (χ3v) is 2.88. The Kier molecular flexibility index (Phi) is 3.53. The van der Waals surface area contributed by atoms with E-state index in [1.54, 1.807) is 6.20 Å². The van der Waals surface area contributed by atoms with Gasteiger partial charge in [0.05, 0.1) is 11.6 Å². The number of carbonyl (C=O) groups is 1. The van der Waals surface area contributed by atoms with E-state index in [1.165, 1.54) is 18.1 Å². The second-order valence-corrected chi connectivity index (χ2v) is 4.73. The number of rotatable bonds is 2. The minimum Gasteiger partial charge on any atom is -0.463 e. The Labute approximate surface area is 113 Å². The highest BCUT2D eigenvalue weighted by Crippen LogP contribution is 2.21. The van der Waals surface area contributed by atoms with Gasteiger partial charge in [-0.1, -0.05) is 0 Å². The van der Waals surface area contributed by atoms with E-state index < -0.39 is 5.97 Å². The molecule has 2 aromatic heterocycles. The fourth-order valence-corrected chi connectivity index (χ4v) is 2.30. The van der Waals surface area contributed by atoms with E-state index in [9.17, 15) is 4.79 Å². The van der Waals surface area contributed by atoms with Crippen LogP contribution in [0.4, 0.5) is 0 Å². The molecule has 0 aliphatic heterocycles. The quantitative estimate of drug-likeness (QED) is 0.765. The van der Waals surface area contributed by atoms with Crippen LogP contribution in [0.25, 0.3) is 5.82 Å². The Bertz CT molecular complexity index is 570. The molecule has 0 radical (unpaired) electrons. The number of halogens is 2. The summed E-state index contributed by atoms with van der Waals surface area (Å²) < 4.78 is 7.47. The number of aromatic nitrogens is 4. The smallest absolute Gasteiger partial charge is 0.377 e. The Morgan fingerprint density at radius 2 is 2.18 bits per heavy atom. The molecule has 0 aliphatic carbocycles. The molecule has 0 saturated heterocycles. The first-order valence-electron chi connectivity index (χ1n) is 4.43. The van der Waals surface area contributed by atoms with Gasteiger partial charge in [0.1, 0.15) is 6.33 Å². The Balaban J connectivity index is 2.40. The van der Waals surface area contributed by atoms with Crippen LogP contribution in [0.3, 0.4) is 0 Å². The summed E-state index contributed by atoms with van der Waals surface area (Å²) in [5, 5.41) is 3.96. The van der Waals surface area contributed by atoms with Crippen molar-refractivity contribution in [2.24, 2.45) is 0 Å². The average molecular weight is 362 g/mol. The van der Waals surface area contributed by atoms with Crippen LogP contribution in [0, 0.1) is 0 Å². The van der Waals surface area contributed by atoms with Gasteiger partial charge < -0.3 is 4.74 Å². The zero-order chi connectivity index (χ0) is 12.4. The Hall–Kier alpha value is -1.28. The fraction of sp³-hybridized carbons (Fsp3) is 0.111. The second kappa shape index (κ2) is 4.92. The molecule has 2 heterocycles. The normalized spacial score (nSPS) is 10.3. The summed E-state index contributed by atoms with van der Waals surface area (Å²) in [4.78, 5) is 19.2. The summed E-state index contributed by atoms with van der Waals surface area (Å²) in [5.74, 6) is -0.0584. The number of methoxy groups -OCH3 is 1. The van der Waals surface area contributed by atoms with Gasteiger partial charge in [-0.05, 0) is 37.9 Å². The van der Waals surface area contributed by atoms with Gasteiger partial charge in [-0.2, -0.15) is 0 Å². The van der Waals surface area contributed by atoms with Crippen molar-refractivity contribution < 1.29 is 9.53 Å². The molecule has 0 aliphatic rings. The molecule has 0 spiro atoms. The molecule has 0 amide bonds. The lowest BCUT2D eigenvalue weighted by molar-refractivity contribution is 0.0587. The van der Waals surface area contributed by atoms with Crippen LogP contribution in [0.5, 0.6) is 0 Å². The van der Waals surface area contributed by atoms with Gasteiger partial charge in [0.2, 0.25) is 0 Å². The van der Waals surface area contributed by atoms with Crippen molar-refractivity contribution in [3.8, 4) is 5.82 Å². The van der Waals surface area contributed by atoms with E-state index in [0.717, 1.165) is 8.95 Å². The van der Waals surface area contributed by atoms with Crippen LogP contribution in [-0.2, 0) is 4.74 Å². The van der Waals surface area contributed by atoms with E-state index in [0.29, 0.717) is 5.82 Å². The molecule has 0 unspecified atom stereocenters. The molecule has 0 saturated carbocycles. The average Bonchev–Trinajstić information content (AvgIpc) is 2.77. The molecule has 0 atom stereocenters. The van der Waals surface area contributed by atoms with Crippen LogP contribution < -0.4 is 0 Å². The van der Waals surface area contributed by atoms with Gasteiger partial charge in [0.15, 0.2) is 5.82 Å². The Morgan fingerprint density at radius 3 is 2.82 bits per heavy atom. The number of carbonyl (C=O) groups excluding carboxylic acids is 1. The first kappa shape index (κ1) is 12.2. The molecule has 0 bridgehead atoms. The Morgan fingerprint density at radius 1 is 1.41 bits per heavy atom. The van der Waals surface area contributed by atoms with Crippen LogP contribution in [0.2, 0.25) is 0 Å². The van der Waals surface area contributed by atoms with E-state index in [1.807, 2.05) is 6.07 Å². The summed E-state index contributed by atoms with van der Waals surface area (Å²) in [6.07, 6.45) is 3.02. The van der Waals surface area contributed by atoms with E-state index >= 15 is 0 Å².